The molecule has 40 heavy (non-hydrogen) atoms. The number of carbonyl (C=O) groups is 2. The lowest BCUT2D eigenvalue weighted by molar-refractivity contribution is -0.121. The van der Waals surface area contributed by atoms with E-state index < -0.39 is 10.1 Å². The van der Waals surface area contributed by atoms with Crippen LogP contribution >= 0.6 is 0 Å². The van der Waals surface area contributed by atoms with E-state index in [2.05, 4.69) is 17.2 Å². The van der Waals surface area contributed by atoms with Crippen molar-refractivity contribution in [2.45, 2.75) is 56.9 Å². The summed E-state index contributed by atoms with van der Waals surface area (Å²) < 4.78 is 29.5. The molecule has 3 aromatic carbocycles. The van der Waals surface area contributed by atoms with Gasteiger partial charge in [0.15, 0.2) is 0 Å². The SMILES string of the molecule is Cc1ccc(S(=O)(=O)OCCCCCCC(=O)NCCC(=O)N2Cc3ccccc3C#Cc3ccccc32)cc1. The Labute approximate surface area is 236 Å². The van der Waals surface area contributed by atoms with Crippen LogP contribution in [0.25, 0.3) is 0 Å². The van der Waals surface area contributed by atoms with E-state index in [1.54, 1.807) is 29.2 Å². The molecular formula is C32H34N2O5S. The summed E-state index contributed by atoms with van der Waals surface area (Å²) >= 11 is 0. The quantitative estimate of drug-likeness (QED) is 0.190. The average Bonchev–Trinajstić information content (AvgIpc) is 2.94. The zero-order valence-electron chi connectivity index (χ0n) is 22.7. The van der Waals surface area contributed by atoms with Gasteiger partial charge in [-0.3, -0.25) is 13.8 Å². The predicted octanol–water partition coefficient (Wildman–Crippen LogP) is 5.10. The van der Waals surface area contributed by atoms with Crippen LogP contribution < -0.4 is 10.2 Å². The highest BCUT2D eigenvalue weighted by Crippen LogP contribution is 2.25. The Kier molecular flexibility index (Phi) is 10.1. The molecule has 1 heterocycles. The summed E-state index contributed by atoms with van der Waals surface area (Å²) in [6.45, 7) is 2.68. The molecule has 208 valence electrons. The molecule has 0 spiro atoms. The number of fused-ring (bicyclic) bond motifs is 2. The van der Waals surface area contributed by atoms with Gasteiger partial charge in [0.2, 0.25) is 11.8 Å². The summed E-state index contributed by atoms with van der Waals surface area (Å²) in [6, 6.07) is 22.0. The van der Waals surface area contributed by atoms with E-state index in [9.17, 15) is 18.0 Å². The van der Waals surface area contributed by atoms with E-state index >= 15 is 0 Å². The maximum absolute atomic E-state index is 13.2. The Bertz CT molecular complexity index is 1500. The lowest BCUT2D eigenvalue weighted by Crippen LogP contribution is -2.35. The number of aryl methyl sites for hydroxylation is 1. The minimum Gasteiger partial charge on any atom is -0.356 e. The number of hydrogen-bond acceptors (Lipinski definition) is 5. The summed E-state index contributed by atoms with van der Waals surface area (Å²) in [5.74, 6) is 6.22. The largest absolute Gasteiger partial charge is 0.356 e. The molecule has 0 saturated heterocycles. The van der Waals surface area contributed by atoms with Gasteiger partial charge in [0.25, 0.3) is 10.1 Å². The highest BCUT2D eigenvalue weighted by atomic mass is 32.2. The third-order valence-corrected chi connectivity index (χ3v) is 8.01. The highest BCUT2D eigenvalue weighted by molar-refractivity contribution is 7.86. The molecule has 0 radical (unpaired) electrons. The molecule has 0 aliphatic carbocycles. The van der Waals surface area contributed by atoms with Crippen LogP contribution in [-0.2, 0) is 30.4 Å². The Balaban J connectivity index is 1.16. The van der Waals surface area contributed by atoms with Crippen molar-refractivity contribution >= 4 is 27.6 Å². The second kappa shape index (κ2) is 13.9. The van der Waals surface area contributed by atoms with E-state index in [0.717, 1.165) is 40.8 Å². The van der Waals surface area contributed by atoms with Crippen LogP contribution in [-0.4, -0.2) is 33.4 Å². The topological polar surface area (TPSA) is 92.8 Å². The van der Waals surface area contributed by atoms with Crippen LogP contribution in [0.4, 0.5) is 5.69 Å². The van der Waals surface area contributed by atoms with E-state index in [4.69, 9.17) is 4.18 Å². The van der Waals surface area contributed by atoms with Crippen LogP contribution in [0.1, 0.15) is 60.8 Å². The predicted molar refractivity (Wildman–Crippen MR) is 155 cm³/mol. The van der Waals surface area contributed by atoms with Gasteiger partial charge in [0.05, 0.1) is 23.7 Å². The van der Waals surface area contributed by atoms with Gasteiger partial charge in [0.1, 0.15) is 0 Å². The summed E-state index contributed by atoms with van der Waals surface area (Å²) in [6.07, 6.45) is 3.35. The third kappa shape index (κ3) is 8.04. The lowest BCUT2D eigenvalue weighted by Gasteiger charge is -2.26. The van der Waals surface area contributed by atoms with E-state index in [1.165, 1.54) is 0 Å². The van der Waals surface area contributed by atoms with Gasteiger partial charge in [-0.1, -0.05) is 72.7 Å². The van der Waals surface area contributed by atoms with Gasteiger partial charge in [-0.25, -0.2) is 0 Å². The molecule has 0 fully saturated rings. The number of anilines is 1. The molecule has 8 heteroatoms. The molecule has 7 nitrogen and oxygen atoms in total. The fourth-order valence-corrected chi connectivity index (χ4v) is 5.37. The third-order valence-electron chi connectivity index (χ3n) is 6.68. The second-order valence-corrected chi connectivity index (χ2v) is 11.4. The smallest absolute Gasteiger partial charge is 0.296 e. The van der Waals surface area contributed by atoms with Gasteiger partial charge >= 0.3 is 0 Å². The molecule has 0 aromatic heterocycles. The van der Waals surface area contributed by atoms with Crippen molar-refractivity contribution in [3.05, 3.63) is 95.1 Å². The monoisotopic (exact) mass is 558 g/mol. The number of unbranched alkanes of at least 4 members (excludes halogenated alkanes) is 3. The Morgan fingerprint density at radius 1 is 0.850 bits per heavy atom. The normalized spacial score (nSPS) is 12.3. The highest BCUT2D eigenvalue weighted by Gasteiger charge is 2.21. The molecule has 0 bridgehead atoms. The first kappa shape index (κ1) is 29.1. The fourth-order valence-electron chi connectivity index (χ4n) is 4.42. The van der Waals surface area contributed by atoms with E-state index in [1.807, 2.05) is 55.5 Å². The summed E-state index contributed by atoms with van der Waals surface area (Å²) in [4.78, 5) is 27.4. The summed E-state index contributed by atoms with van der Waals surface area (Å²) in [5.41, 5.74) is 4.45. The summed E-state index contributed by atoms with van der Waals surface area (Å²) in [7, 11) is -3.75. The Morgan fingerprint density at radius 2 is 1.52 bits per heavy atom. The maximum Gasteiger partial charge on any atom is 0.296 e. The molecule has 1 aliphatic rings. The minimum atomic E-state index is -3.75. The molecule has 0 atom stereocenters. The lowest BCUT2D eigenvalue weighted by atomic mass is 10.0. The fraction of sp³-hybridized carbons (Fsp3) is 0.312. The number of hydrogen-bond donors (Lipinski definition) is 1. The van der Waals surface area contributed by atoms with Crippen molar-refractivity contribution in [1.29, 1.82) is 0 Å². The van der Waals surface area contributed by atoms with Gasteiger partial charge in [0, 0.05) is 30.5 Å². The van der Waals surface area contributed by atoms with Crippen LogP contribution in [0.3, 0.4) is 0 Å². The van der Waals surface area contributed by atoms with Crippen molar-refractivity contribution in [2.24, 2.45) is 0 Å². The van der Waals surface area contributed by atoms with Crippen LogP contribution in [0, 0.1) is 18.8 Å². The molecule has 4 rings (SSSR count). The van der Waals surface area contributed by atoms with Gasteiger partial charge in [-0.2, -0.15) is 8.42 Å². The number of benzene rings is 3. The van der Waals surface area contributed by atoms with Crippen molar-refractivity contribution < 1.29 is 22.2 Å². The first-order valence-electron chi connectivity index (χ1n) is 13.6. The van der Waals surface area contributed by atoms with E-state index in [0.29, 0.717) is 25.8 Å². The standard InChI is InChI=1S/C32H34N2O5S/c1-25-15-19-29(20-16-25)40(37,38)39-23-9-3-2-4-14-31(35)33-22-21-32(36)34-24-28-12-6-5-10-26(28)17-18-27-11-7-8-13-30(27)34/h5-8,10-13,15-16,19-20H,2-4,9,14,21-24H2,1H3,(H,33,35). The van der Waals surface area contributed by atoms with Crippen LogP contribution in [0.2, 0.25) is 0 Å². The first-order chi connectivity index (χ1) is 19.3. The van der Waals surface area contributed by atoms with Gasteiger partial charge in [-0.15, -0.1) is 0 Å². The molecule has 3 aromatic rings. The summed E-state index contributed by atoms with van der Waals surface area (Å²) in [5, 5.41) is 2.85. The number of amides is 2. The Hall–Kier alpha value is -3.93. The van der Waals surface area contributed by atoms with E-state index in [-0.39, 0.29) is 36.3 Å². The first-order valence-corrected chi connectivity index (χ1v) is 15.0. The average molecular weight is 559 g/mol. The Morgan fingerprint density at radius 3 is 2.33 bits per heavy atom. The molecular weight excluding hydrogens is 524 g/mol. The van der Waals surface area contributed by atoms with Gasteiger partial charge < -0.3 is 10.2 Å². The zero-order chi connectivity index (χ0) is 28.4. The molecule has 1 aliphatic heterocycles. The number of para-hydroxylation sites is 1. The zero-order valence-corrected chi connectivity index (χ0v) is 23.5. The molecule has 0 unspecified atom stereocenters. The minimum absolute atomic E-state index is 0.0770. The van der Waals surface area contributed by atoms with Crippen molar-refractivity contribution in [3.8, 4) is 11.8 Å². The van der Waals surface area contributed by atoms with Crippen LogP contribution in [0.15, 0.2) is 77.7 Å². The number of carbonyl (C=O) groups excluding carboxylic acids is 2. The number of nitrogens with one attached hydrogen (secondary N) is 1. The number of nitrogens with zero attached hydrogens (tertiary/aromatic N) is 1. The maximum atomic E-state index is 13.2. The van der Waals surface area contributed by atoms with Crippen molar-refractivity contribution in [2.75, 3.05) is 18.1 Å². The van der Waals surface area contributed by atoms with Crippen molar-refractivity contribution in [3.63, 3.8) is 0 Å². The number of rotatable bonds is 12. The van der Waals surface area contributed by atoms with Gasteiger partial charge in [-0.05, 0) is 55.7 Å². The van der Waals surface area contributed by atoms with Crippen LogP contribution in [0.5, 0.6) is 0 Å². The molecule has 1 N–H and O–H groups in total. The molecule has 2 amide bonds. The molecule has 0 saturated carbocycles. The second-order valence-electron chi connectivity index (χ2n) is 9.76. The van der Waals surface area contributed by atoms with Crippen molar-refractivity contribution in [1.82, 2.24) is 5.32 Å².